The first-order valence-corrected chi connectivity index (χ1v) is 8.43. The molecule has 1 aromatic carbocycles. The van der Waals surface area contributed by atoms with E-state index in [0.29, 0.717) is 0 Å². The van der Waals surface area contributed by atoms with Gasteiger partial charge in [0.15, 0.2) is 0 Å². The molecule has 0 atom stereocenters. The number of rotatable bonds is 5. The maximum absolute atomic E-state index is 5.83. The quantitative estimate of drug-likeness (QED) is 0.912. The first-order valence-electron chi connectivity index (χ1n) is 7.62. The van der Waals surface area contributed by atoms with Gasteiger partial charge in [-0.2, -0.15) is 0 Å². The molecule has 3 nitrogen and oxygen atoms in total. The van der Waals surface area contributed by atoms with Gasteiger partial charge in [-0.05, 0) is 37.2 Å². The number of thiophene rings is 1. The fraction of sp³-hybridized carbons (Fsp3) is 0.412. The Balaban J connectivity index is 1.73. The van der Waals surface area contributed by atoms with Crippen molar-refractivity contribution < 1.29 is 4.74 Å². The Morgan fingerprint density at radius 3 is 2.95 bits per heavy atom. The van der Waals surface area contributed by atoms with E-state index < -0.39 is 0 Å². The van der Waals surface area contributed by atoms with Crippen LogP contribution in [-0.2, 0) is 13.1 Å². The summed E-state index contributed by atoms with van der Waals surface area (Å²) in [5.41, 5.74) is 1.22. The molecule has 1 aromatic heterocycles. The molecule has 3 rings (SSSR count). The molecule has 2 aromatic rings. The monoisotopic (exact) mass is 302 g/mol. The first-order chi connectivity index (χ1) is 10.4. The maximum Gasteiger partial charge on any atom is 0.142 e. The summed E-state index contributed by atoms with van der Waals surface area (Å²) in [7, 11) is 0. The molecular formula is C17H22N2OS. The highest BCUT2D eigenvalue weighted by atomic mass is 32.1. The van der Waals surface area contributed by atoms with Gasteiger partial charge in [0.25, 0.3) is 0 Å². The van der Waals surface area contributed by atoms with E-state index >= 15 is 0 Å². The van der Waals surface area contributed by atoms with Gasteiger partial charge in [0.2, 0.25) is 0 Å². The molecule has 1 aliphatic heterocycles. The van der Waals surface area contributed by atoms with Crippen LogP contribution in [0.5, 0.6) is 5.75 Å². The summed E-state index contributed by atoms with van der Waals surface area (Å²) in [6, 6.07) is 12.9. The predicted molar refractivity (Wildman–Crippen MR) is 89.3 cm³/mol. The van der Waals surface area contributed by atoms with E-state index in [2.05, 4.69) is 47.5 Å². The molecule has 2 heterocycles. The Morgan fingerprint density at radius 2 is 2.05 bits per heavy atom. The number of hydrogen-bond acceptors (Lipinski definition) is 4. The molecule has 0 saturated carbocycles. The van der Waals surface area contributed by atoms with E-state index in [9.17, 15) is 0 Å². The van der Waals surface area contributed by atoms with Gasteiger partial charge >= 0.3 is 0 Å². The molecule has 1 N–H and O–H groups in total. The van der Waals surface area contributed by atoms with Crippen LogP contribution >= 0.6 is 11.3 Å². The van der Waals surface area contributed by atoms with Crippen LogP contribution in [0.2, 0.25) is 0 Å². The number of ether oxygens (including phenoxy) is 1. The van der Waals surface area contributed by atoms with Crippen LogP contribution in [0.3, 0.4) is 0 Å². The van der Waals surface area contributed by atoms with Crippen molar-refractivity contribution in [2.75, 3.05) is 24.6 Å². The van der Waals surface area contributed by atoms with Crippen molar-refractivity contribution in [2.45, 2.75) is 26.4 Å². The Morgan fingerprint density at radius 1 is 1.19 bits per heavy atom. The molecule has 21 heavy (non-hydrogen) atoms. The first kappa shape index (κ1) is 14.4. The van der Waals surface area contributed by atoms with Gasteiger partial charge in [-0.3, -0.25) is 0 Å². The normalized spacial score (nSPS) is 14.4. The molecule has 1 aliphatic rings. The highest BCUT2D eigenvalue weighted by Gasteiger charge is 2.16. The lowest BCUT2D eigenvalue weighted by Gasteiger charge is -2.23. The number of nitrogens with one attached hydrogen (secondary N) is 1. The number of hydrogen-bond donors (Lipinski definition) is 1. The zero-order valence-electron chi connectivity index (χ0n) is 12.5. The summed E-state index contributed by atoms with van der Waals surface area (Å²) in [6.45, 7) is 6.96. The topological polar surface area (TPSA) is 24.5 Å². The smallest absolute Gasteiger partial charge is 0.142 e. The van der Waals surface area contributed by atoms with Crippen molar-refractivity contribution in [2.24, 2.45) is 0 Å². The van der Waals surface area contributed by atoms with E-state index in [0.717, 1.165) is 45.0 Å². The second-order valence-corrected chi connectivity index (χ2v) is 6.49. The minimum absolute atomic E-state index is 0.809. The minimum Gasteiger partial charge on any atom is -0.491 e. The Kier molecular flexibility index (Phi) is 4.78. The fourth-order valence-electron chi connectivity index (χ4n) is 2.60. The summed E-state index contributed by atoms with van der Waals surface area (Å²) in [5, 5.41) is 3.38. The molecule has 0 radical (unpaired) electrons. The summed E-state index contributed by atoms with van der Waals surface area (Å²) in [5.74, 6) is 1.01. The van der Waals surface area contributed by atoms with Crippen LogP contribution in [0.15, 0.2) is 36.4 Å². The number of fused-ring (bicyclic) bond motifs is 1. The van der Waals surface area contributed by atoms with Crippen LogP contribution in [0.25, 0.3) is 0 Å². The molecule has 0 spiro atoms. The zero-order chi connectivity index (χ0) is 14.5. The Labute approximate surface area is 130 Å². The lowest BCUT2D eigenvalue weighted by Crippen LogP contribution is -2.22. The third-order valence-electron chi connectivity index (χ3n) is 3.65. The van der Waals surface area contributed by atoms with Crippen LogP contribution in [0, 0.1) is 0 Å². The van der Waals surface area contributed by atoms with E-state index in [1.165, 1.54) is 15.4 Å². The molecule has 4 heteroatoms. The van der Waals surface area contributed by atoms with E-state index in [4.69, 9.17) is 4.74 Å². The molecule has 0 amide bonds. The molecule has 0 unspecified atom stereocenters. The average molecular weight is 302 g/mol. The number of nitrogens with zero attached hydrogens (tertiary/aromatic N) is 1. The summed E-state index contributed by atoms with van der Waals surface area (Å²) < 4.78 is 5.83. The highest BCUT2D eigenvalue weighted by Crippen LogP contribution is 2.32. The van der Waals surface area contributed by atoms with Crippen LogP contribution in [0.4, 0.5) is 5.69 Å². The zero-order valence-corrected chi connectivity index (χ0v) is 13.3. The molecular weight excluding hydrogens is 280 g/mol. The van der Waals surface area contributed by atoms with Crippen molar-refractivity contribution >= 4 is 17.0 Å². The van der Waals surface area contributed by atoms with Crippen molar-refractivity contribution in [3.05, 3.63) is 46.2 Å². The van der Waals surface area contributed by atoms with Crippen molar-refractivity contribution in [1.82, 2.24) is 5.32 Å². The third kappa shape index (κ3) is 3.57. The second-order valence-electron chi connectivity index (χ2n) is 5.24. The van der Waals surface area contributed by atoms with Gasteiger partial charge in [-0.1, -0.05) is 19.1 Å². The Hall–Kier alpha value is -1.52. The fourth-order valence-corrected chi connectivity index (χ4v) is 3.60. The number of anilines is 1. The minimum atomic E-state index is 0.809. The van der Waals surface area contributed by atoms with Crippen molar-refractivity contribution in [3.8, 4) is 5.75 Å². The average Bonchev–Trinajstić information content (AvgIpc) is 2.86. The largest absolute Gasteiger partial charge is 0.491 e. The molecule has 0 fully saturated rings. The maximum atomic E-state index is 5.83. The standard InChI is InChI=1S/C17H22N2OS/c1-2-18-12-14-8-9-15(21-14)13-19-10-5-11-20-17-7-4-3-6-16(17)19/h3-4,6-9,18H,2,5,10-13H2,1H3. The lowest BCUT2D eigenvalue weighted by atomic mass is 10.2. The van der Waals surface area contributed by atoms with Crippen molar-refractivity contribution in [3.63, 3.8) is 0 Å². The van der Waals surface area contributed by atoms with E-state index in [-0.39, 0.29) is 0 Å². The summed E-state index contributed by atoms with van der Waals surface area (Å²) >= 11 is 1.90. The van der Waals surface area contributed by atoms with E-state index in [1.807, 2.05) is 17.4 Å². The van der Waals surface area contributed by atoms with Gasteiger partial charge in [-0.15, -0.1) is 11.3 Å². The van der Waals surface area contributed by atoms with Crippen LogP contribution in [0.1, 0.15) is 23.1 Å². The van der Waals surface area contributed by atoms with Gasteiger partial charge in [0, 0.05) is 22.8 Å². The summed E-state index contributed by atoms with van der Waals surface area (Å²) in [4.78, 5) is 5.26. The second kappa shape index (κ2) is 6.96. The molecule has 112 valence electrons. The predicted octanol–water partition coefficient (Wildman–Crippen LogP) is 3.65. The Bertz CT molecular complexity index is 582. The van der Waals surface area contributed by atoms with Crippen LogP contribution < -0.4 is 15.0 Å². The van der Waals surface area contributed by atoms with Gasteiger partial charge in [0.1, 0.15) is 5.75 Å². The van der Waals surface area contributed by atoms with Gasteiger partial charge in [-0.25, -0.2) is 0 Å². The SMILES string of the molecule is CCNCc1ccc(CN2CCCOc3ccccc32)s1. The van der Waals surface area contributed by atoms with Crippen LogP contribution in [-0.4, -0.2) is 19.7 Å². The van der Waals surface area contributed by atoms with Gasteiger partial charge < -0.3 is 15.0 Å². The molecule has 0 aliphatic carbocycles. The highest BCUT2D eigenvalue weighted by molar-refractivity contribution is 7.12. The number of para-hydroxylation sites is 2. The molecule has 0 saturated heterocycles. The lowest BCUT2D eigenvalue weighted by molar-refractivity contribution is 0.322. The van der Waals surface area contributed by atoms with Gasteiger partial charge in [0.05, 0.1) is 18.8 Å². The van der Waals surface area contributed by atoms with Crippen molar-refractivity contribution in [1.29, 1.82) is 0 Å². The molecule has 0 bridgehead atoms. The third-order valence-corrected chi connectivity index (χ3v) is 4.72. The summed E-state index contributed by atoms with van der Waals surface area (Å²) in [6.07, 6.45) is 1.07. The number of benzene rings is 1. The van der Waals surface area contributed by atoms with E-state index in [1.54, 1.807) is 0 Å².